The van der Waals surface area contributed by atoms with Crippen molar-refractivity contribution in [2.75, 3.05) is 20.8 Å². The van der Waals surface area contributed by atoms with Crippen molar-refractivity contribution in [3.63, 3.8) is 0 Å². The Bertz CT molecular complexity index is 524. The molecule has 0 aliphatic rings. The lowest BCUT2D eigenvalue weighted by Gasteiger charge is -2.18. The van der Waals surface area contributed by atoms with E-state index in [1.54, 1.807) is 38.6 Å². The van der Waals surface area contributed by atoms with Crippen molar-refractivity contribution in [2.45, 2.75) is 6.10 Å². The molecule has 0 saturated carbocycles. The van der Waals surface area contributed by atoms with Gasteiger partial charge < -0.3 is 19.9 Å². The maximum Gasteiger partial charge on any atom is 0.153 e. The molecule has 5 nitrogen and oxygen atoms in total. The number of rotatable bonds is 6. The van der Waals surface area contributed by atoms with Crippen molar-refractivity contribution >= 4 is 0 Å². The molecule has 0 bridgehead atoms. The average Bonchev–Trinajstić information content (AvgIpc) is 2.53. The van der Waals surface area contributed by atoms with Gasteiger partial charge in [-0.2, -0.15) is 0 Å². The Labute approximate surface area is 118 Å². The average molecular weight is 274 g/mol. The van der Waals surface area contributed by atoms with E-state index in [0.29, 0.717) is 23.8 Å². The number of nitrogens with two attached hydrogens (primary N) is 1. The van der Waals surface area contributed by atoms with Crippen molar-refractivity contribution in [3.05, 3.63) is 48.3 Å². The molecule has 0 aliphatic carbocycles. The van der Waals surface area contributed by atoms with Crippen LogP contribution in [0.1, 0.15) is 11.8 Å². The van der Waals surface area contributed by atoms with Crippen LogP contribution < -0.4 is 19.9 Å². The van der Waals surface area contributed by atoms with Gasteiger partial charge in [0.05, 0.1) is 19.9 Å². The molecule has 0 amide bonds. The molecular formula is C15H18N2O3. The SMILES string of the molecule is COc1cc(OC)cc(OC(CN)c2ccccn2)c1. The summed E-state index contributed by atoms with van der Waals surface area (Å²) in [6.45, 7) is 0.330. The van der Waals surface area contributed by atoms with Gasteiger partial charge in [-0.05, 0) is 12.1 Å². The zero-order valence-corrected chi connectivity index (χ0v) is 11.6. The van der Waals surface area contributed by atoms with Crippen molar-refractivity contribution in [1.29, 1.82) is 0 Å². The van der Waals surface area contributed by atoms with Crippen LogP contribution >= 0.6 is 0 Å². The first-order valence-electron chi connectivity index (χ1n) is 6.27. The van der Waals surface area contributed by atoms with E-state index >= 15 is 0 Å². The molecule has 1 unspecified atom stereocenters. The van der Waals surface area contributed by atoms with Crippen molar-refractivity contribution in [3.8, 4) is 17.2 Å². The molecule has 1 atom stereocenters. The van der Waals surface area contributed by atoms with Crippen LogP contribution in [0.25, 0.3) is 0 Å². The molecular weight excluding hydrogens is 256 g/mol. The molecule has 5 heteroatoms. The number of benzene rings is 1. The largest absolute Gasteiger partial charge is 0.496 e. The predicted molar refractivity (Wildman–Crippen MR) is 76.2 cm³/mol. The Morgan fingerprint density at radius 1 is 1.05 bits per heavy atom. The van der Waals surface area contributed by atoms with Crippen LogP contribution in [0.3, 0.4) is 0 Å². The van der Waals surface area contributed by atoms with Crippen LogP contribution in [0.2, 0.25) is 0 Å². The molecule has 1 aromatic heterocycles. The lowest BCUT2D eigenvalue weighted by molar-refractivity contribution is 0.207. The highest BCUT2D eigenvalue weighted by Crippen LogP contribution is 2.30. The van der Waals surface area contributed by atoms with Gasteiger partial charge in [0.25, 0.3) is 0 Å². The molecule has 0 aliphatic heterocycles. The summed E-state index contributed by atoms with van der Waals surface area (Å²) >= 11 is 0. The Morgan fingerprint density at radius 3 is 2.20 bits per heavy atom. The highest BCUT2D eigenvalue weighted by atomic mass is 16.5. The minimum absolute atomic E-state index is 0.312. The zero-order chi connectivity index (χ0) is 14.4. The van der Waals surface area contributed by atoms with E-state index in [1.807, 2.05) is 18.2 Å². The highest BCUT2D eigenvalue weighted by molar-refractivity contribution is 5.42. The quantitative estimate of drug-likeness (QED) is 0.874. The third-order valence-electron chi connectivity index (χ3n) is 2.84. The third-order valence-corrected chi connectivity index (χ3v) is 2.84. The number of ether oxygens (including phenoxy) is 3. The van der Waals surface area contributed by atoms with Gasteiger partial charge in [0.1, 0.15) is 17.2 Å². The Kier molecular flexibility index (Phi) is 4.79. The van der Waals surface area contributed by atoms with Crippen LogP contribution in [-0.4, -0.2) is 25.7 Å². The first-order valence-corrected chi connectivity index (χ1v) is 6.27. The van der Waals surface area contributed by atoms with E-state index in [-0.39, 0.29) is 6.10 Å². The van der Waals surface area contributed by atoms with E-state index in [2.05, 4.69) is 4.98 Å². The van der Waals surface area contributed by atoms with Crippen molar-refractivity contribution in [1.82, 2.24) is 4.98 Å². The normalized spacial score (nSPS) is 11.8. The first-order chi connectivity index (χ1) is 9.76. The fraction of sp³-hybridized carbons (Fsp3) is 0.267. The standard InChI is InChI=1S/C15H18N2O3/c1-18-11-7-12(19-2)9-13(8-11)20-15(10-16)14-5-3-4-6-17-14/h3-9,15H,10,16H2,1-2H3. The molecule has 1 heterocycles. The van der Waals surface area contributed by atoms with Crippen LogP contribution in [0.15, 0.2) is 42.6 Å². The van der Waals surface area contributed by atoms with E-state index in [1.165, 1.54) is 0 Å². The zero-order valence-electron chi connectivity index (χ0n) is 11.6. The molecule has 0 fully saturated rings. The third kappa shape index (κ3) is 3.39. The molecule has 20 heavy (non-hydrogen) atoms. The number of aromatic nitrogens is 1. The Hall–Kier alpha value is -2.27. The Balaban J connectivity index is 2.23. The van der Waals surface area contributed by atoms with Gasteiger partial charge in [-0.1, -0.05) is 6.07 Å². The molecule has 1 aromatic carbocycles. The summed E-state index contributed by atoms with van der Waals surface area (Å²) in [5.74, 6) is 1.95. The molecule has 0 radical (unpaired) electrons. The lowest BCUT2D eigenvalue weighted by Crippen LogP contribution is -2.19. The van der Waals surface area contributed by atoms with Gasteiger partial charge in [-0.15, -0.1) is 0 Å². The second kappa shape index (κ2) is 6.77. The monoisotopic (exact) mass is 274 g/mol. The second-order valence-electron chi connectivity index (χ2n) is 4.15. The number of hydrogen-bond acceptors (Lipinski definition) is 5. The number of methoxy groups -OCH3 is 2. The summed E-state index contributed by atoms with van der Waals surface area (Å²) in [5, 5.41) is 0. The fourth-order valence-electron chi connectivity index (χ4n) is 1.81. The number of hydrogen-bond donors (Lipinski definition) is 1. The molecule has 2 N–H and O–H groups in total. The second-order valence-corrected chi connectivity index (χ2v) is 4.15. The Morgan fingerprint density at radius 2 is 1.70 bits per heavy atom. The molecule has 2 aromatic rings. The number of nitrogens with zero attached hydrogens (tertiary/aromatic N) is 1. The maximum absolute atomic E-state index is 5.89. The van der Waals surface area contributed by atoms with E-state index < -0.39 is 0 Å². The van der Waals surface area contributed by atoms with Gasteiger partial charge in [0, 0.05) is 30.9 Å². The summed E-state index contributed by atoms with van der Waals surface area (Å²) in [4.78, 5) is 4.26. The molecule has 0 spiro atoms. The van der Waals surface area contributed by atoms with Gasteiger partial charge in [-0.3, -0.25) is 4.98 Å². The minimum Gasteiger partial charge on any atom is -0.496 e. The van der Waals surface area contributed by atoms with E-state index in [4.69, 9.17) is 19.9 Å². The fourth-order valence-corrected chi connectivity index (χ4v) is 1.81. The van der Waals surface area contributed by atoms with Crippen LogP contribution in [0.4, 0.5) is 0 Å². The van der Waals surface area contributed by atoms with Crippen LogP contribution in [0, 0.1) is 0 Å². The van der Waals surface area contributed by atoms with Crippen LogP contribution in [-0.2, 0) is 0 Å². The summed E-state index contributed by atoms with van der Waals surface area (Å²) in [6, 6.07) is 11.0. The summed E-state index contributed by atoms with van der Waals surface area (Å²) in [6.07, 6.45) is 1.40. The number of pyridine rings is 1. The summed E-state index contributed by atoms with van der Waals surface area (Å²) in [7, 11) is 3.19. The predicted octanol–water partition coefficient (Wildman–Crippen LogP) is 2.18. The van der Waals surface area contributed by atoms with Gasteiger partial charge in [-0.25, -0.2) is 0 Å². The summed E-state index contributed by atoms with van der Waals surface area (Å²) < 4.78 is 16.3. The molecule has 106 valence electrons. The highest BCUT2D eigenvalue weighted by Gasteiger charge is 2.14. The van der Waals surface area contributed by atoms with Crippen molar-refractivity contribution in [2.24, 2.45) is 5.73 Å². The first kappa shape index (κ1) is 14.1. The topological polar surface area (TPSA) is 66.6 Å². The minimum atomic E-state index is -0.312. The summed E-state index contributed by atoms with van der Waals surface area (Å²) in [5.41, 5.74) is 6.55. The maximum atomic E-state index is 5.89. The van der Waals surface area contributed by atoms with E-state index in [0.717, 1.165) is 5.69 Å². The van der Waals surface area contributed by atoms with E-state index in [9.17, 15) is 0 Å². The molecule has 0 saturated heterocycles. The van der Waals surface area contributed by atoms with Gasteiger partial charge >= 0.3 is 0 Å². The van der Waals surface area contributed by atoms with Crippen molar-refractivity contribution < 1.29 is 14.2 Å². The van der Waals surface area contributed by atoms with Crippen LogP contribution in [0.5, 0.6) is 17.2 Å². The van der Waals surface area contributed by atoms with Gasteiger partial charge in [0.2, 0.25) is 0 Å². The lowest BCUT2D eigenvalue weighted by atomic mass is 10.2. The molecule has 2 rings (SSSR count). The smallest absolute Gasteiger partial charge is 0.153 e. The van der Waals surface area contributed by atoms with Gasteiger partial charge in [0.15, 0.2) is 6.10 Å².